The molecule has 10 heteroatoms. The van der Waals surface area contributed by atoms with E-state index in [1.165, 1.54) is 0 Å². The standard InChI is InChI=1S/C20H36N4O6/c1-7-23(8-2)19(27)21-15(5)13-29-17(25)11-12-18(26)30-14-16(6)22-20(28)24(9-3)10-4/h11-12,15-16H,7-10,13-14H2,1-6H3,(H,21,27)(H,22,28)/b12-11+/t15-,16-/m0/s1. The van der Waals surface area contributed by atoms with Crippen molar-refractivity contribution in [1.82, 2.24) is 20.4 Å². The molecule has 0 saturated heterocycles. The number of urea groups is 2. The predicted molar refractivity (Wildman–Crippen MR) is 113 cm³/mol. The molecule has 0 fully saturated rings. The van der Waals surface area contributed by atoms with E-state index in [-0.39, 0.29) is 37.4 Å². The molecule has 0 heterocycles. The predicted octanol–water partition coefficient (Wildman–Crippen LogP) is 1.51. The molecule has 0 radical (unpaired) electrons. The largest absolute Gasteiger partial charge is 0.460 e. The Labute approximate surface area is 178 Å². The molecule has 4 amide bonds. The van der Waals surface area contributed by atoms with Crippen molar-refractivity contribution in [3.63, 3.8) is 0 Å². The van der Waals surface area contributed by atoms with E-state index in [1.807, 2.05) is 27.7 Å². The Morgan fingerprint density at radius 3 is 1.27 bits per heavy atom. The summed E-state index contributed by atoms with van der Waals surface area (Å²) in [4.78, 5) is 50.5. The Morgan fingerprint density at radius 2 is 1.00 bits per heavy atom. The number of ether oxygens (including phenoxy) is 2. The highest BCUT2D eigenvalue weighted by atomic mass is 16.5. The number of amides is 4. The Morgan fingerprint density at radius 1 is 0.700 bits per heavy atom. The molecule has 2 atom stereocenters. The van der Waals surface area contributed by atoms with Gasteiger partial charge in [0, 0.05) is 38.3 Å². The number of nitrogens with zero attached hydrogens (tertiary/aromatic N) is 2. The number of carbonyl (C=O) groups excluding carboxylic acids is 4. The zero-order valence-corrected chi connectivity index (χ0v) is 18.9. The Balaban J connectivity index is 4.22. The van der Waals surface area contributed by atoms with Gasteiger partial charge in [-0.2, -0.15) is 0 Å². The van der Waals surface area contributed by atoms with Crippen LogP contribution in [-0.4, -0.2) is 85.3 Å². The number of rotatable bonds is 12. The summed E-state index contributed by atoms with van der Waals surface area (Å²) in [5, 5.41) is 5.45. The number of esters is 2. The van der Waals surface area contributed by atoms with Gasteiger partial charge in [-0.3, -0.25) is 0 Å². The maximum atomic E-state index is 11.9. The van der Waals surface area contributed by atoms with E-state index in [9.17, 15) is 19.2 Å². The molecule has 10 nitrogen and oxygen atoms in total. The smallest absolute Gasteiger partial charge is 0.331 e. The average Bonchev–Trinajstić information content (AvgIpc) is 2.70. The van der Waals surface area contributed by atoms with Gasteiger partial charge >= 0.3 is 24.0 Å². The third-order valence-electron chi connectivity index (χ3n) is 4.15. The molecular weight excluding hydrogens is 392 g/mol. The third kappa shape index (κ3) is 11.3. The third-order valence-corrected chi connectivity index (χ3v) is 4.15. The molecule has 0 aromatic carbocycles. The van der Waals surface area contributed by atoms with E-state index in [1.54, 1.807) is 23.6 Å². The monoisotopic (exact) mass is 428 g/mol. The van der Waals surface area contributed by atoms with Gasteiger partial charge in [0.25, 0.3) is 0 Å². The first-order chi connectivity index (χ1) is 14.2. The maximum Gasteiger partial charge on any atom is 0.331 e. The molecule has 0 aliphatic rings. The fourth-order valence-corrected chi connectivity index (χ4v) is 2.36. The first kappa shape index (κ1) is 27.2. The second kappa shape index (κ2) is 15.1. The van der Waals surface area contributed by atoms with Crippen molar-refractivity contribution >= 4 is 24.0 Å². The minimum Gasteiger partial charge on any atom is -0.460 e. The Kier molecular flexibility index (Phi) is 13.7. The van der Waals surface area contributed by atoms with Crippen molar-refractivity contribution < 1.29 is 28.7 Å². The Bertz CT molecular complexity index is 538. The SMILES string of the molecule is CCN(CC)C(=O)N[C@@H](C)COC(=O)/C=C/C(=O)OC[C@H](C)NC(=O)N(CC)CC. The van der Waals surface area contributed by atoms with Crippen LogP contribution in [0.1, 0.15) is 41.5 Å². The van der Waals surface area contributed by atoms with Gasteiger partial charge in [0.2, 0.25) is 0 Å². The van der Waals surface area contributed by atoms with Crippen LogP contribution in [0.25, 0.3) is 0 Å². The molecule has 0 rings (SSSR count). The minimum atomic E-state index is -0.723. The fourth-order valence-electron chi connectivity index (χ4n) is 2.36. The highest BCUT2D eigenvalue weighted by molar-refractivity contribution is 5.91. The molecule has 30 heavy (non-hydrogen) atoms. The van der Waals surface area contributed by atoms with E-state index in [0.717, 1.165) is 12.2 Å². The van der Waals surface area contributed by atoms with E-state index in [0.29, 0.717) is 26.2 Å². The molecule has 0 aliphatic carbocycles. The first-order valence-corrected chi connectivity index (χ1v) is 10.3. The van der Waals surface area contributed by atoms with E-state index < -0.39 is 11.9 Å². The van der Waals surface area contributed by atoms with Crippen molar-refractivity contribution in [2.45, 2.75) is 53.6 Å². The van der Waals surface area contributed by atoms with Crippen molar-refractivity contribution in [1.29, 1.82) is 0 Å². The van der Waals surface area contributed by atoms with Crippen LogP contribution in [-0.2, 0) is 19.1 Å². The van der Waals surface area contributed by atoms with Gasteiger partial charge in [-0.25, -0.2) is 19.2 Å². The van der Waals surface area contributed by atoms with Crippen LogP contribution in [0.2, 0.25) is 0 Å². The van der Waals surface area contributed by atoms with Gasteiger partial charge < -0.3 is 29.9 Å². The van der Waals surface area contributed by atoms with Gasteiger partial charge in [0.1, 0.15) is 13.2 Å². The minimum absolute atomic E-state index is 0.0281. The zero-order chi connectivity index (χ0) is 23.1. The molecule has 0 aromatic rings. The second-order valence-electron chi connectivity index (χ2n) is 6.64. The molecule has 172 valence electrons. The van der Waals surface area contributed by atoms with E-state index in [2.05, 4.69) is 10.6 Å². The van der Waals surface area contributed by atoms with Crippen LogP contribution in [0.3, 0.4) is 0 Å². The van der Waals surface area contributed by atoms with E-state index >= 15 is 0 Å². The lowest BCUT2D eigenvalue weighted by molar-refractivity contribution is -0.141. The van der Waals surface area contributed by atoms with Crippen LogP contribution in [0.4, 0.5) is 9.59 Å². The molecule has 0 spiro atoms. The van der Waals surface area contributed by atoms with Gasteiger partial charge in [0.15, 0.2) is 0 Å². The first-order valence-electron chi connectivity index (χ1n) is 10.3. The van der Waals surface area contributed by atoms with Crippen LogP contribution in [0.15, 0.2) is 12.2 Å². The number of hydrogen-bond acceptors (Lipinski definition) is 6. The zero-order valence-electron chi connectivity index (χ0n) is 18.9. The molecule has 0 bridgehead atoms. The summed E-state index contributed by atoms with van der Waals surface area (Å²) in [6.07, 6.45) is 1.92. The van der Waals surface area contributed by atoms with Crippen molar-refractivity contribution in [2.75, 3.05) is 39.4 Å². The van der Waals surface area contributed by atoms with Crippen molar-refractivity contribution in [3.05, 3.63) is 12.2 Å². The summed E-state index contributed by atoms with van der Waals surface area (Å²) < 4.78 is 10.0. The molecule has 0 saturated carbocycles. The highest BCUT2D eigenvalue weighted by Crippen LogP contribution is 1.95. The molecule has 0 aliphatic heterocycles. The van der Waals surface area contributed by atoms with Crippen molar-refractivity contribution in [3.8, 4) is 0 Å². The van der Waals surface area contributed by atoms with Crippen LogP contribution in [0, 0.1) is 0 Å². The summed E-state index contributed by atoms with van der Waals surface area (Å²) in [6.45, 7) is 13.2. The number of nitrogens with one attached hydrogen (secondary N) is 2. The van der Waals surface area contributed by atoms with E-state index in [4.69, 9.17) is 9.47 Å². The lowest BCUT2D eigenvalue weighted by Gasteiger charge is -2.22. The maximum absolute atomic E-state index is 11.9. The molecular formula is C20H36N4O6. The summed E-state index contributed by atoms with van der Waals surface area (Å²) in [5.41, 5.74) is 0. The quantitative estimate of drug-likeness (QED) is 0.359. The number of carbonyl (C=O) groups is 4. The summed E-state index contributed by atoms with van der Waals surface area (Å²) >= 11 is 0. The summed E-state index contributed by atoms with van der Waals surface area (Å²) in [6, 6.07) is -1.22. The normalized spacial score (nSPS) is 12.6. The fraction of sp³-hybridized carbons (Fsp3) is 0.700. The van der Waals surface area contributed by atoms with Gasteiger partial charge in [-0.15, -0.1) is 0 Å². The molecule has 0 unspecified atom stereocenters. The average molecular weight is 429 g/mol. The van der Waals surface area contributed by atoms with Crippen LogP contribution < -0.4 is 10.6 Å². The summed E-state index contributed by atoms with van der Waals surface area (Å²) in [7, 11) is 0. The highest BCUT2D eigenvalue weighted by Gasteiger charge is 2.15. The van der Waals surface area contributed by atoms with Crippen LogP contribution >= 0.6 is 0 Å². The second-order valence-corrected chi connectivity index (χ2v) is 6.64. The molecule has 0 aromatic heterocycles. The summed E-state index contributed by atoms with van der Waals surface area (Å²) in [5.74, 6) is -1.45. The lowest BCUT2D eigenvalue weighted by atomic mass is 10.3. The topological polar surface area (TPSA) is 117 Å². The van der Waals surface area contributed by atoms with Crippen molar-refractivity contribution in [2.24, 2.45) is 0 Å². The number of hydrogen-bond donors (Lipinski definition) is 2. The Hall–Kier alpha value is -2.78. The van der Waals surface area contributed by atoms with Gasteiger partial charge in [-0.1, -0.05) is 0 Å². The van der Waals surface area contributed by atoms with Crippen LogP contribution in [0.5, 0.6) is 0 Å². The molecule has 2 N–H and O–H groups in total. The van der Waals surface area contributed by atoms with Gasteiger partial charge in [0.05, 0.1) is 12.1 Å². The lowest BCUT2D eigenvalue weighted by Crippen LogP contribution is -2.45. The van der Waals surface area contributed by atoms with Gasteiger partial charge in [-0.05, 0) is 41.5 Å².